The van der Waals surface area contributed by atoms with Crippen molar-refractivity contribution in [2.75, 3.05) is 19.0 Å². The van der Waals surface area contributed by atoms with Gasteiger partial charge < -0.3 is 9.88 Å². The molecule has 0 spiro atoms. The Balaban J connectivity index is 2.11. The van der Waals surface area contributed by atoms with Crippen LogP contribution < -0.4 is 4.90 Å². The fraction of sp³-hybridized carbons (Fsp3) is 0.143. The number of halogens is 1. The number of aromatic amines is 1. The second-order valence-corrected chi connectivity index (χ2v) is 5.45. The normalized spacial score (nSPS) is 10.9. The van der Waals surface area contributed by atoms with Crippen molar-refractivity contribution in [3.8, 4) is 11.4 Å². The van der Waals surface area contributed by atoms with Crippen molar-refractivity contribution >= 4 is 32.9 Å². The molecule has 5 heteroatoms. The van der Waals surface area contributed by atoms with Gasteiger partial charge in [0.25, 0.3) is 0 Å². The van der Waals surface area contributed by atoms with E-state index < -0.39 is 0 Å². The molecule has 1 N–H and O–H groups in total. The summed E-state index contributed by atoms with van der Waals surface area (Å²) in [7, 11) is 3.94. The molecule has 19 heavy (non-hydrogen) atoms. The summed E-state index contributed by atoms with van der Waals surface area (Å²) in [5.41, 5.74) is 2.72. The molecule has 0 radical (unpaired) electrons. The zero-order valence-corrected chi connectivity index (χ0v) is 12.3. The predicted octanol–water partition coefficient (Wildman–Crippen LogP) is 3.45. The van der Waals surface area contributed by atoms with Crippen LogP contribution in [0.2, 0.25) is 0 Å². The van der Waals surface area contributed by atoms with Gasteiger partial charge >= 0.3 is 0 Å². The van der Waals surface area contributed by atoms with Crippen molar-refractivity contribution in [3.05, 3.63) is 40.9 Å². The monoisotopic (exact) mass is 316 g/mol. The average Bonchev–Trinajstić information content (AvgIpc) is 2.81. The Hall–Kier alpha value is -1.88. The first-order valence-corrected chi connectivity index (χ1v) is 6.73. The number of nitrogens with one attached hydrogen (secondary N) is 1. The quantitative estimate of drug-likeness (QED) is 0.787. The third-order valence-electron chi connectivity index (χ3n) is 2.89. The molecule has 0 saturated carbocycles. The van der Waals surface area contributed by atoms with Crippen LogP contribution in [0, 0.1) is 0 Å². The smallest absolute Gasteiger partial charge is 0.180 e. The Morgan fingerprint density at radius 3 is 2.68 bits per heavy atom. The molecule has 2 aromatic heterocycles. The van der Waals surface area contributed by atoms with Gasteiger partial charge in [-0.15, -0.1) is 0 Å². The molecule has 96 valence electrons. The zero-order chi connectivity index (χ0) is 13.4. The Bertz CT molecular complexity index is 733. The topological polar surface area (TPSA) is 44.8 Å². The minimum atomic E-state index is 0.737. The highest BCUT2D eigenvalue weighted by Crippen LogP contribution is 2.23. The Morgan fingerprint density at radius 2 is 1.95 bits per heavy atom. The van der Waals surface area contributed by atoms with E-state index in [9.17, 15) is 0 Å². The summed E-state index contributed by atoms with van der Waals surface area (Å²) < 4.78 is 1.03. The fourth-order valence-electron chi connectivity index (χ4n) is 1.90. The first kappa shape index (κ1) is 12.2. The summed E-state index contributed by atoms with van der Waals surface area (Å²) >= 11 is 3.47. The summed E-state index contributed by atoms with van der Waals surface area (Å²) in [4.78, 5) is 14.3. The minimum Gasteiger partial charge on any atom is -0.363 e. The average molecular weight is 317 g/mol. The second-order valence-electron chi connectivity index (χ2n) is 4.53. The SMILES string of the molecule is CN(C)c1ccc2[nH]c(-c3cccc(Br)c3)nc2n1. The van der Waals surface area contributed by atoms with Gasteiger partial charge in [-0.3, -0.25) is 0 Å². The lowest BCUT2D eigenvalue weighted by Crippen LogP contribution is -2.10. The van der Waals surface area contributed by atoms with Gasteiger partial charge in [0.2, 0.25) is 0 Å². The Morgan fingerprint density at radius 1 is 1.11 bits per heavy atom. The molecule has 4 nitrogen and oxygen atoms in total. The van der Waals surface area contributed by atoms with E-state index in [4.69, 9.17) is 0 Å². The number of aromatic nitrogens is 3. The highest BCUT2D eigenvalue weighted by Gasteiger charge is 2.08. The molecule has 3 rings (SSSR count). The number of rotatable bonds is 2. The van der Waals surface area contributed by atoms with E-state index in [2.05, 4.69) is 30.9 Å². The number of hydrogen-bond donors (Lipinski definition) is 1. The van der Waals surface area contributed by atoms with Gasteiger partial charge in [0.1, 0.15) is 11.6 Å². The number of imidazole rings is 1. The first-order valence-electron chi connectivity index (χ1n) is 5.93. The van der Waals surface area contributed by atoms with Crippen molar-refractivity contribution in [1.82, 2.24) is 15.0 Å². The molecule has 1 aromatic carbocycles. The van der Waals surface area contributed by atoms with E-state index in [-0.39, 0.29) is 0 Å². The summed E-state index contributed by atoms with van der Waals surface area (Å²) in [5.74, 6) is 1.74. The molecule has 0 atom stereocenters. The number of nitrogens with zero attached hydrogens (tertiary/aromatic N) is 3. The van der Waals surface area contributed by atoms with Gasteiger partial charge in [-0.05, 0) is 24.3 Å². The van der Waals surface area contributed by atoms with Crippen LogP contribution in [0.15, 0.2) is 40.9 Å². The van der Waals surface area contributed by atoms with Crippen molar-refractivity contribution in [1.29, 1.82) is 0 Å². The standard InChI is InChI=1S/C14H13BrN4/c1-19(2)12-7-6-11-14(17-12)18-13(16-11)9-4-3-5-10(15)8-9/h3-8H,1-2H3,(H,16,17,18). The molecular formula is C14H13BrN4. The lowest BCUT2D eigenvalue weighted by molar-refractivity contribution is 1.08. The van der Waals surface area contributed by atoms with Crippen LogP contribution in [0.5, 0.6) is 0 Å². The number of H-pyrrole nitrogens is 1. The van der Waals surface area contributed by atoms with Gasteiger partial charge in [-0.25, -0.2) is 9.97 Å². The van der Waals surface area contributed by atoms with E-state index >= 15 is 0 Å². The minimum absolute atomic E-state index is 0.737. The fourth-order valence-corrected chi connectivity index (χ4v) is 2.30. The van der Waals surface area contributed by atoms with Crippen molar-refractivity contribution < 1.29 is 0 Å². The Labute approximate surface area is 119 Å². The number of anilines is 1. The van der Waals surface area contributed by atoms with E-state index in [1.807, 2.05) is 55.4 Å². The molecule has 0 saturated heterocycles. The lowest BCUT2D eigenvalue weighted by Gasteiger charge is -2.09. The molecule has 0 bridgehead atoms. The second kappa shape index (κ2) is 4.66. The van der Waals surface area contributed by atoms with Gasteiger partial charge in [0.15, 0.2) is 5.65 Å². The predicted molar refractivity (Wildman–Crippen MR) is 81.4 cm³/mol. The summed E-state index contributed by atoms with van der Waals surface area (Å²) in [6, 6.07) is 12.0. The maximum atomic E-state index is 4.55. The number of fused-ring (bicyclic) bond motifs is 1. The van der Waals surface area contributed by atoms with E-state index in [1.54, 1.807) is 0 Å². The summed E-state index contributed by atoms with van der Waals surface area (Å²) in [6.45, 7) is 0. The van der Waals surface area contributed by atoms with Crippen LogP contribution in [0.25, 0.3) is 22.6 Å². The lowest BCUT2D eigenvalue weighted by atomic mass is 10.2. The van der Waals surface area contributed by atoms with Crippen LogP contribution in [-0.4, -0.2) is 29.0 Å². The zero-order valence-electron chi connectivity index (χ0n) is 10.7. The molecule has 2 heterocycles. The number of hydrogen-bond acceptors (Lipinski definition) is 3. The van der Waals surface area contributed by atoms with Crippen LogP contribution >= 0.6 is 15.9 Å². The highest BCUT2D eigenvalue weighted by molar-refractivity contribution is 9.10. The number of benzene rings is 1. The van der Waals surface area contributed by atoms with Crippen molar-refractivity contribution in [2.45, 2.75) is 0 Å². The van der Waals surface area contributed by atoms with Crippen molar-refractivity contribution in [3.63, 3.8) is 0 Å². The molecular weight excluding hydrogens is 304 g/mol. The molecule has 0 aliphatic carbocycles. The van der Waals surface area contributed by atoms with Gasteiger partial charge in [0.05, 0.1) is 5.52 Å². The molecule has 3 aromatic rings. The highest BCUT2D eigenvalue weighted by atomic mass is 79.9. The van der Waals surface area contributed by atoms with Crippen LogP contribution in [0.4, 0.5) is 5.82 Å². The third-order valence-corrected chi connectivity index (χ3v) is 3.38. The van der Waals surface area contributed by atoms with E-state index in [1.165, 1.54) is 0 Å². The van der Waals surface area contributed by atoms with Crippen LogP contribution in [-0.2, 0) is 0 Å². The molecule has 0 fully saturated rings. The molecule has 0 amide bonds. The van der Waals surface area contributed by atoms with E-state index in [0.717, 1.165) is 32.8 Å². The molecule has 0 unspecified atom stereocenters. The van der Waals surface area contributed by atoms with Gasteiger partial charge in [0, 0.05) is 24.1 Å². The van der Waals surface area contributed by atoms with Gasteiger partial charge in [-0.1, -0.05) is 28.1 Å². The Kier molecular flexibility index (Phi) is 2.98. The summed E-state index contributed by atoms with van der Waals surface area (Å²) in [6.07, 6.45) is 0. The molecule has 0 aliphatic rings. The van der Waals surface area contributed by atoms with E-state index in [0.29, 0.717) is 0 Å². The third kappa shape index (κ3) is 2.33. The summed E-state index contributed by atoms with van der Waals surface area (Å²) in [5, 5.41) is 0. The molecule has 0 aliphatic heterocycles. The van der Waals surface area contributed by atoms with Crippen molar-refractivity contribution in [2.24, 2.45) is 0 Å². The van der Waals surface area contributed by atoms with Crippen LogP contribution in [0.1, 0.15) is 0 Å². The van der Waals surface area contributed by atoms with Gasteiger partial charge in [-0.2, -0.15) is 0 Å². The number of pyridine rings is 1. The van der Waals surface area contributed by atoms with Crippen LogP contribution in [0.3, 0.4) is 0 Å². The maximum Gasteiger partial charge on any atom is 0.180 e. The first-order chi connectivity index (χ1) is 9.13. The largest absolute Gasteiger partial charge is 0.363 e. The maximum absolute atomic E-state index is 4.55.